The van der Waals surface area contributed by atoms with E-state index in [1.54, 1.807) is 13.0 Å². The lowest BCUT2D eigenvalue weighted by Crippen LogP contribution is -2.66. The minimum atomic E-state index is -5.33. The van der Waals surface area contributed by atoms with Gasteiger partial charge < -0.3 is 15.2 Å². The number of alkyl halides is 3. The van der Waals surface area contributed by atoms with Gasteiger partial charge in [-0.2, -0.15) is 18.4 Å². The number of thioether (sulfide) groups is 1. The minimum absolute atomic E-state index is 0.0189. The zero-order valence-corrected chi connectivity index (χ0v) is 19.9. The fourth-order valence-corrected chi connectivity index (χ4v) is 5.52. The van der Waals surface area contributed by atoms with Gasteiger partial charge in [-0.1, -0.05) is 47.6 Å². The van der Waals surface area contributed by atoms with Crippen molar-refractivity contribution in [3.63, 3.8) is 0 Å². The second-order valence-corrected chi connectivity index (χ2v) is 9.50. The van der Waals surface area contributed by atoms with Crippen molar-refractivity contribution in [2.24, 2.45) is 5.92 Å². The molecule has 2 N–H and O–H groups in total. The Hall–Kier alpha value is -2.52. The van der Waals surface area contributed by atoms with Crippen LogP contribution >= 0.6 is 34.7 Å². The quantitative estimate of drug-likeness (QED) is 0.389. The van der Waals surface area contributed by atoms with Gasteiger partial charge in [-0.25, -0.2) is 0 Å². The normalized spacial score (nSPS) is 22.6. The SMILES string of the molecule is CCOC(=O)CSC1=C(C#N)[C@H](c2ccccc2Cl)[C@H](C(=O)c2cccs2)[C@@](O)(C(F)(F)F)N1. The number of aliphatic hydroxyl groups is 1. The fourth-order valence-electron chi connectivity index (χ4n) is 3.66. The molecule has 0 radical (unpaired) electrons. The van der Waals surface area contributed by atoms with Gasteiger partial charge in [-0.05, 0) is 30.0 Å². The molecule has 34 heavy (non-hydrogen) atoms. The second kappa shape index (κ2) is 10.4. The maximum absolute atomic E-state index is 14.4. The molecule has 0 spiro atoms. The van der Waals surface area contributed by atoms with Crippen molar-refractivity contribution in [2.75, 3.05) is 12.4 Å². The Kier molecular flexibility index (Phi) is 7.98. The third-order valence-corrected chi connectivity index (χ3v) is 7.34. The molecule has 0 saturated heterocycles. The number of rotatable bonds is 7. The van der Waals surface area contributed by atoms with Crippen LogP contribution < -0.4 is 5.32 Å². The molecule has 1 aliphatic heterocycles. The molecule has 1 aromatic carbocycles. The Morgan fingerprint density at radius 2 is 2.03 bits per heavy atom. The summed E-state index contributed by atoms with van der Waals surface area (Å²) in [6.07, 6.45) is -5.33. The first kappa shape index (κ1) is 26.1. The average molecular weight is 531 g/mol. The monoisotopic (exact) mass is 530 g/mol. The topological polar surface area (TPSA) is 99.4 Å². The predicted molar refractivity (Wildman–Crippen MR) is 122 cm³/mol. The summed E-state index contributed by atoms with van der Waals surface area (Å²) < 4.78 is 48.0. The van der Waals surface area contributed by atoms with Crippen LogP contribution in [0.5, 0.6) is 0 Å². The molecule has 1 aromatic heterocycles. The number of ketones is 1. The van der Waals surface area contributed by atoms with Gasteiger partial charge in [-0.3, -0.25) is 9.59 Å². The van der Waals surface area contributed by atoms with Crippen LogP contribution in [0, 0.1) is 17.2 Å². The van der Waals surface area contributed by atoms with Crippen LogP contribution in [0.15, 0.2) is 52.4 Å². The molecule has 2 aromatic rings. The Bertz CT molecular complexity index is 1150. The van der Waals surface area contributed by atoms with Crippen LogP contribution in [0.25, 0.3) is 0 Å². The molecule has 2 heterocycles. The van der Waals surface area contributed by atoms with Gasteiger partial charge in [0.15, 0.2) is 5.78 Å². The number of hydrogen-bond acceptors (Lipinski definition) is 8. The lowest BCUT2D eigenvalue weighted by atomic mass is 9.70. The Labute approximate surface area is 206 Å². The smallest absolute Gasteiger partial charge is 0.437 e. The molecule has 0 aliphatic carbocycles. The van der Waals surface area contributed by atoms with E-state index in [0.717, 1.165) is 11.3 Å². The number of Topliss-reactive ketones (excluding diaryl/α,β-unsaturated/α-hetero) is 1. The third kappa shape index (κ3) is 4.95. The van der Waals surface area contributed by atoms with Crippen LogP contribution in [0.3, 0.4) is 0 Å². The molecule has 0 fully saturated rings. The van der Waals surface area contributed by atoms with Crippen LogP contribution in [0.4, 0.5) is 13.2 Å². The summed E-state index contributed by atoms with van der Waals surface area (Å²) in [6.45, 7) is 1.63. The van der Waals surface area contributed by atoms with Gasteiger partial charge in [0.25, 0.3) is 0 Å². The maximum Gasteiger partial charge on any atom is 0.437 e. The van der Waals surface area contributed by atoms with Crippen molar-refractivity contribution in [3.05, 3.63) is 67.8 Å². The summed E-state index contributed by atoms with van der Waals surface area (Å²) in [6, 6.07) is 10.6. The molecule has 1 aliphatic rings. The molecular weight excluding hydrogens is 513 g/mol. The summed E-state index contributed by atoms with van der Waals surface area (Å²) >= 11 is 7.78. The summed E-state index contributed by atoms with van der Waals surface area (Å²) in [7, 11) is 0. The molecule has 3 rings (SSSR count). The molecule has 0 unspecified atom stereocenters. The van der Waals surface area contributed by atoms with E-state index >= 15 is 0 Å². The van der Waals surface area contributed by atoms with E-state index in [1.165, 1.54) is 35.7 Å². The lowest BCUT2D eigenvalue weighted by molar-refractivity contribution is -0.285. The maximum atomic E-state index is 14.4. The highest BCUT2D eigenvalue weighted by molar-refractivity contribution is 8.03. The average Bonchev–Trinajstić information content (AvgIpc) is 3.32. The number of thiophene rings is 1. The minimum Gasteiger partial charge on any atom is -0.465 e. The molecule has 12 heteroatoms. The van der Waals surface area contributed by atoms with E-state index in [0.29, 0.717) is 11.8 Å². The second-order valence-electron chi connectivity index (χ2n) is 7.16. The largest absolute Gasteiger partial charge is 0.465 e. The highest BCUT2D eigenvalue weighted by atomic mass is 35.5. The first-order valence-electron chi connectivity index (χ1n) is 9.87. The first-order chi connectivity index (χ1) is 16.0. The van der Waals surface area contributed by atoms with Crippen molar-refractivity contribution in [1.82, 2.24) is 5.32 Å². The molecular formula is C22H18ClF3N2O4S2. The van der Waals surface area contributed by atoms with Gasteiger partial charge in [0.05, 0.1) is 39.8 Å². The number of ether oxygens (including phenoxy) is 1. The van der Waals surface area contributed by atoms with E-state index in [1.807, 2.05) is 11.4 Å². The van der Waals surface area contributed by atoms with Crippen LogP contribution in [0.2, 0.25) is 5.02 Å². The number of benzene rings is 1. The van der Waals surface area contributed by atoms with E-state index in [-0.39, 0.29) is 27.6 Å². The van der Waals surface area contributed by atoms with E-state index in [4.69, 9.17) is 16.3 Å². The number of nitrogens with zero attached hydrogens (tertiary/aromatic N) is 1. The van der Waals surface area contributed by atoms with Gasteiger partial charge in [0.2, 0.25) is 5.72 Å². The molecule has 0 saturated carbocycles. The van der Waals surface area contributed by atoms with Crippen LogP contribution in [-0.2, 0) is 9.53 Å². The van der Waals surface area contributed by atoms with E-state index in [2.05, 4.69) is 0 Å². The standard InChI is InChI=1S/C22H18ClF3N2O4S2/c1-2-32-16(29)11-34-20-13(10-27)17(12-6-3-4-7-14(12)23)18(19(30)15-8-5-9-33-15)21(31,28-20)22(24,25)26/h3-9,17-18,28,31H,2,11H2,1H3/t17-,18+,21+/m0/s1. The van der Waals surface area contributed by atoms with Crippen LogP contribution in [-0.4, -0.2) is 41.1 Å². The van der Waals surface area contributed by atoms with Gasteiger partial charge in [0.1, 0.15) is 0 Å². The number of carbonyl (C=O) groups is 2. The molecule has 0 amide bonds. The summed E-state index contributed by atoms with van der Waals surface area (Å²) in [5.41, 5.74) is -3.95. The number of carbonyl (C=O) groups excluding carboxylic acids is 2. The zero-order chi connectivity index (χ0) is 25.1. The third-order valence-electron chi connectivity index (χ3n) is 5.12. The first-order valence-corrected chi connectivity index (χ1v) is 12.1. The van der Waals surface area contributed by atoms with Crippen LogP contribution in [0.1, 0.15) is 28.1 Å². The number of allylic oxidation sites excluding steroid dienone is 1. The van der Waals surface area contributed by atoms with Gasteiger partial charge in [-0.15, -0.1) is 11.3 Å². The number of nitrogens with one attached hydrogen (secondary N) is 1. The van der Waals surface area contributed by atoms with Gasteiger partial charge in [0, 0.05) is 10.9 Å². The van der Waals surface area contributed by atoms with E-state index < -0.39 is 46.3 Å². The van der Waals surface area contributed by atoms with Gasteiger partial charge >= 0.3 is 12.1 Å². The van der Waals surface area contributed by atoms with Crippen molar-refractivity contribution in [2.45, 2.75) is 24.7 Å². The Morgan fingerprint density at radius 1 is 1.32 bits per heavy atom. The van der Waals surface area contributed by atoms with Crippen molar-refractivity contribution in [3.8, 4) is 6.07 Å². The highest BCUT2D eigenvalue weighted by Crippen LogP contribution is 2.52. The Balaban J connectivity index is 2.26. The summed E-state index contributed by atoms with van der Waals surface area (Å²) in [5.74, 6) is -5.87. The molecule has 3 atom stereocenters. The molecule has 6 nitrogen and oxygen atoms in total. The van der Waals surface area contributed by atoms with E-state index in [9.17, 15) is 33.1 Å². The molecule has 0 bridgehead atoms. The lowest BCUT2D eigenvalue weighted by Gasteiger charge is -2.45. The Morgan fingerprint density at radius 3 is 2.59 bits per heavy atom. The summed E-state index contributed by atoms with van der Waals surface area (Å²) in [4.78, 5) is 25.2. The molecule has 180 valence electrons. The predicted octanol–water partition coefficient (Wildman–Crippen LogP) is 4.87. The zero-order valence-electron chi connectivity index (χ0n) is 17.6. The number of nitriles is 1. The fraction of sp³-hybridized carbons (Fsp3) is 0.318. The van der Waals surface area contributed by atoms with Crippen molar-refractivity contribution >= 4 is 46.5 Å². The summed E-state index contributed by atoms with van der Waals surface area (Å²) in [5, 5.41) is 24.1. The van der Waals surface area contributed by atoms with Crippen molar-refractivity contribution in [1.29, 1.82) is 5.26 Å². The highest BCUT2D eigenvalue weighted by Gasteiger charge is 2.66. The number of esters is 1. The number of hydrogen-bond donors (Lipinski definition) is 2. The van der Waals surface area contributed by atoms with Crippen molar-refractivity contribution < 1.29 is 32.6 Å². The number of halogens is 4.